The molecule has 1 amide bonds. The molecule has 0 atom stereocenters. The van der Waals surface area contributed by atoms with Crippen molar-refractivity contribution >= 4 is 50.0 Å². The summed E-state index contributed by atoms with van der Waals surface area (Å²) in [5.41, 5.74) is 1.59. The quantitative estimate of drug-likeness (QED) is 0.641. The van der Waals surface area contributed by atoms with Gasteiger partial charge in [0.15, 0.2) is 5.58 Å². The van der Waals surface area contributed by atoms with E-state index < -0.39 is 15.8 Å². The number of piperazine rings is 1. The second kappa shape index (κ2) is 7.12. The van der Waals surface area contributed by atoms with Crippen molar-refractivity contribution in [3.8, 4) is 0 Å². The summed E-state index contributed by atoms with van der Waals surface area (Å²) in [5, 5.41) is 3.06. The Morgan fingerprint density at radius 1 is 1.17 bits per heavy atom. The van der Waals surface area contributed by atoms with Crippen LogP contribution in [0.3, 0.4) is 0 Å². The molecular formula is C18H17ClN4O5S. The first-order chi connectivity index (χ1) is 13.7. The van der Waals surface area contributed by atoms with Gasteiger partial charge in [-0.25, -0.2) is 13.2 Å². The van der Waals surface area contributed by atoms with Gasteiger partial charge in [0.25, 0.3) is 10.0 Å². The molecule has 152 valence electrons. The first-order valence-electron chi connectivity index (χ1n) is 8.68. The standard InChI is InChI=1S/C18H17ClN4O5S/c1-22-15-5-3-12(9-16(15)28-18(22)25)29(26,27)21-11-2-4-14(13(19)8-11)23-7-6-20-17(24)10-23/h2-5,8-9,21H,6-7,10H2,1H3,(H,20,24). The minimum Gasteiger partial charge on any atom is -0.408 e. The monoisotopic (exact) mass is 436 g/mol. The Labute approximate surface area is 170 Å². The number of hydrogen-bond acceptors (Lipinski definition) is 6. The molecule has 1 saturated heterocycles. The SMILES string of the molecule is Cn1c(=O)oc2cc(S(=O)(=O)Nc3ccc(N4CCNC(=O)C4)c(Cl)c3)ccc21. The summed E-state index contributed by atoms with van der Waals surface area (Å²) in [6.45, 7) is 1.31. The van der Waals surface area contributed by atoms with Crippen LogP contribution in [0.4, 0.5) is 11.4 Å². The molecule has 9 nitrogen and oxygen atoms in total. The molecule has 2 aromatic carbocycles. The maximum atomic E-state index is 12.7. The number of sulfonamides is 1. The molecule has 0 saturated carbocycles. The smallest absolute Gasteiger partial charge is 0.408 e. The van der Waals surface area contributed by atoms with Crippen molar-refractivity contribution in [3.63, 3.8) is 0 Å². The van der Waals surface area contributed by atoms with Crippen molar-refractivity contribution in [2.45, 2.75) is 4.90 Å². The van der Waals surface area contributed by atoms with Crippen LogP contribution < -0.4 is 20.7 Å². The summed E-state index contributed by atoms with van der Waals surface area (Å²) >= 11 is 6.32. The largest absolute Gasteiger partial charge is 0.419 e. The van der Waals surface area contributed by atoms with Gasteiger partial charge in [0.1, 0.15) is 0 Å². The van der Waals surface area contributed by atoms with Crippen molar-refractivity contribution in [2.75, 3.05) is 29.3 Å². The highest BCUT2D eigenvalue weighted by molar-refractivity contribution is 7.92. The third kappa shape index (κ3) is 3.68. The Balaban J connectivity index is 1.60. The zero-order valence-corrected chi connectivity index (χ0v) is 16.9. The maximum Gasteiger partial charge on any atom is 0.419 e. The van der Waals surface area contributed by atoms with E-state index in [1.165, 1.54) is 35.9 Å². The lowest BCUT2D eigenvalue weighted by Gasteiger charge is -2.29. The molecule has 4 rings (SSSR count). The Bertz CT molecular complexity index is 1280. The van der Waals surface area contributed by atoms with Gasteiger partial charge in [-0.2, -0.15) is 0 Å². The van der Waals surface area contributed by atoms with Gasteiger partial charge >= 0.3 is 5.76 Å². The molecule has 11 heteroatoms. The van der Waals surface area contributed by atoms with Crippen LogP contribution in [0.15, 0.2) is 50.5 Å². The van der Waals surface area contributed by atoms with Crippen LogP contribution in [0, 0.1) is 0 Å². The number of aryl methyl sites for hydroxylation is 1. The number of fused-ring (bicyclic) bond motifs is 1. The van der Waals surface area contributed by atoms with E-state index in [9.17, 15) is 18.0 Å². The van der Waals surface area contributed by atoms with E-state index in [0.29, 0.717) is 29.3 Å². The van der Waals surface area contributed by atoms with Crippen molar-refractivity contribution < 1.29 is 17.6 Å². The van der Waals surface area contributed by atoms with Gasteiger partial charge in [-0.15, -0.1) is 0 Å². The summed E-state index contributed by atoms with van der Waals surface area (Å²) in [6.07, 6.45) is 0. The number of rotatable bonds is 4. The zero-order chi connectivity index (χ0) is 20.8. The van der Waals surface area contributed by atoms with Gasteiger partial charge in [0.2, 0.25) is 5.91 Å². The molecule has 0 bridgehead atoms. The molecule has 1 aliphatic rings. The second-order valence-corrected chi connectivity index (χ2v) is 8.69. The first-order valence-corrected chi connectivity index (χ1v) is 10.5. The number of carbonyl (C=O) groups is 1. The average molecular weight is 437 g/mol. The molecule has 0 spiro atoms. The lowest BCUT2D eigenvalue weighted by atomic mass is 10.2. The third-order valence-corrected chi connectivity index (χ3v) is 6.33. The van der Waals surface area contributed by atoms with Gasteiger partial charge in [-0.05, 0) is 30.3 Å². The van der Waals surface area contributed by atoms with Crippen molar-refractivity contribution in [1.82, 2.24) is 9.88 Å². The average Bonchev–Trinajstić information content (AvgIpc) is 2.95. The molecule has 0 aliphatic carbocycles. The highest BCUT2D eigenvalue weighted by Crippen LogP contribution is 2.30. The van der Waals surface area contributed by atoms with E-state index in [4.69, 9.17) is 16.0 Å². The van der Waals surface area contributed by atoms with Gasteiger partial charge in [-0.1, -0.05) is 11.6 Å². The zero-order valence-electron chi connectivity index (χ0n) is 15.3. The molecule has 1 aliphatic heterocycles. The molecule has 0 radical (unpaired) electrons. The highest BCUT2D eigenvalue weighted by Gasteiger charge is 2.21. The molecule has 2 heterocycles. The minimum atomic E-state index is -3.93. The normalized spacial score (nSPS) is 14.8. The Kier molecular flexibility index (Phi) is 4.75. The van der Waals surface area contributed by atoms with Crippen LogP contribution in [0.1, 0.15) is 0 Å². The minimum absolute atomic E-state index is 0.0488. The maximum absolute atomic E-state index is 12.7. The van der Waals surface area contributed by atoms with Crippen LogP contribution >= 0.6 is 11.6 Å². The van der Waals surface area contributed by atoms with E-state index in [1.54, 1.807) is 12.1 Å². The van der Waals surface area contributed by atoms with Gasteiger partial charge in [-0.3, -0.25) is 14.1 Å². The summed E-state index contributed by atoms with van der Waals surface area (Å²) in [7, 11) is -2.39. The number of anilines is 2. The van der Waals surface area contributed by atoms with Crippen LogP contribution in [0.5, 0.6) is 0 Å². The fourth-order valence-corrected chi connectivity index (χ4v) is 4.53. The number of benzene rings is 2. The third-order valence-electron chi connectivity index (χ3n) is 4.65. The number of aromatic nitrogens is 1. The number of carbonyl (C=O) groups excluding carboxylic acids is 1. The van der Waals surface area contributed by atoms with Crippen molar-refractivity contribution in [1.29, 1.82) is 0 Å². The van der Waals surface area contributed by atoms with E-state index in [2.05, 4.69) is 10.0 Å². The number of hydrogen-bond donors (Lipinski definition) is 2. The lowest BCUT2D eigenvalue weighted by Crippen LogP contribution is -2.47. The molecule has 0 unspecified atom stereocenters. The molecule has 3 aromatic rings. The van der Waals surface area contributed by atoms with Crippen LogP contribution in [-0.4, -0.2) is 38.5 Å². The fourth-order valence-electron chi connectivity index (χ4n) is 3.17. The molecule has 29 heavy (non-hydrogen) atoms. The summed E-state index contributed by atoms with van der Waals surface area (Å²) in [6, 6.07) is 8.92. The summed E-state index contributed by atoms with van der Waals surface area (Å²) < 4.78 is 34.3. The summed E-state index contributed by atoms with van der Waals surface area (Å²) in [4.78, 5) is 24.9. The highest BCUT2D eigenvalue weighted by atomic mass is 35.5. The van der Waals surface area contributed by atoms with Crippen LogP contribution in [0.25, 0.3) is 11.1 Å². The van der Waals surface area contributed by atoms with E-state index >= 15 is 0 Å². The van der Waals surface area contributed by atoms with Gasteiger partial charge in [0, 0.05) is 26.2 Å². The van der Waals surface area contributed by atoms with Gasteiger partial charge < -0.3 is 14.6 Å². The predicted molar refractivity (Wildman–Crippen MR) is 109 cm³/mol. The predicted octanol–water partition coefficient (Wildman–Crippen LogP) is 1.52. The molecule has 2 N–H and O–H groups in total. The second-order valence-electron chi connectivity index (χ2n) is 6.60. The van der Waals surface area contributed by atoms with Gasteiger partial charge in [0.05, 0.1) is 33.4 Å². The van der Waals surface area contributed by atoms with E-state index in [0.717, 1.165) is 0 Å². The van der Waals surface area contributed by atoms with E-state index in [1.807, 2.05) is 4.90 Å². The summed E-state index contributed by atoms with van der Waals surface area (Å²) in [5.74, 6) is -0.670. The fraction of sp³-hybridized carbons (Fsp3) is 0.222. The number of nitrogens with one attached hydrogen (secondary N) is 2. The number of halogens is 1. The van der Waals surface area contributed by atoms with Crippen molar-refractivity contribution in [2.24, 2.45) is 7.05 Å². The number of oxazole rings is 1. The number of nitrogens with zero attached hydrogens (tertiary/aromatic N) is 2. The van der Waals surface area contributed by atoms with Crippen LogP contribution in [-0.2, 0) is 21.9 Å². The Hall–Kier alpha value is -2.98. The van der Waals surface area contributed by atoms with Crippen molar-refractivity contribution in [3.05, 3.63) is 52.0 Å². The molecule has 1 aromatic heterocycles. The lowest BCUT2D eigenvalue weighted by molar-refractivity contribution is -0.120. The molecular weight excluding hydrogens is 420 g/mol. The molecule has 1 fully saturated rings. The topological polar surface area (TPSA) is 114 Å². The number of amides is 1. The first kappa shape index (κ1) is 19.3. The van der Waals surface area contributed by atoms with Crippen LogP contribution in [0.2, 0.25) is 5.02 Å². The Morgan fingerprint density at radius 3 is 2.69 bits per heavy atom. The Morgan fingerprint density at radius 2 is 1.97 bits per heavy atom. The van der Waals surface area contributed by atoms with E-state index in [-0.39, 0.29) is 28.6 Å².